The standard InChI is InChI=1S/C25H32N4O4/c1-17(2)12-20-13-22(27-28-23(20)24(31)26-18(3)15-30)25(32)29-11-7-10-21(14-29)33-16-19-8-5-4-6-9-19/h4-6,8-9,13,15,17-18,21H,7,10-12,14,16H2,1-3H3,(H,26,31). The van der Waals surface area contributed by atoms with Crippen molar-refractivity contribution in [1.29, 1.82) is 0 Å². The largest absolute Gasteiger partial charge is 0.372 e. The van der Waals surface area contributed by atoms with Gasteiger partial charge in [-0.1, -0.05) is 44.2 Å². The van der Waals surface area contributed by atoms with Crippen LogP contribution in [0.4, 0.5) is 0 Å². The second-order valence-electron chi connectivity index (χ2n) is 8.91. The molecule has 1 aliphatic heterocycles. The summed E-state index contributed by atoms with van der Waals surface area (Å²) in [7, 11) is 0. The Morgan fingerprint density at radius 2 is 1.97 bits per heavy atom. The molecule has 0 saturated carbocycles. The van der Waals surface area contributed by atoms with Crippen LogP contribution >= 0.6 is 0 Å². The molecule has 1 aliphatic rings. The van der Waals surface area contributed by atoms with E-state index in [2.05, 4.69) is 15.5 Å². The van der Waals surface area contributed by atoms with Gasteiger partial charge in [-0.05, 0) is 49.3 Å². The fourth-order valence-electron chi connectivity index (χ4n) is 3.84. The van der Waals surface area contributed by atoms with E-state index in [0.717, 1.165) is 18.4 Å². The number of carbonyl (C=O) groups excluding carboxylic acids is 3. The molecule has 1 saturated heterocycles. The van der Waals surface area contributed by atoms with Crippen LogP contribution in [-0.4, -0.2) is 58.4 Å². The Morgan fingerprint density at radius 1 is 1.21 bits per heavy atom. The number of hydrogen-bond donors (Lipinski definition) is 1. The third-order valence-corrected chi connectivity index (χ3v) is 5.49. The Bertz CT molecular complexity index is 964. The van der Waals surface area contributed by atoms with Crippen molar-refractivity contribution in [2.45, 2.75) is 58.8 Å². The van der Waals surface area contributed by atoms with E-state index in [4.69, 9.17) is 4.74 Å². The van der Waals surface area contributed by atoms with E-state index in [1.54, 1.807) is 17.9 Å². The molecule has 1 N–H and O–H groups in total. The fraction of sp³-hybridized carbons (Fsp3) is 0.480. The number of hydrogen-bond acceptors (Lipinski definition) is 6. The highest BCUT2D eigenvalue weighted by atomic mass is 16.5. The topological polar surface area (TPSA) is 101 Å². The number of piperidine rings is 1. The number of benzene rings is 1. The molecule has 0 bridgehead atoms. The molecule has 1 aromatic carbocycles. The van der Waals surface area contributed by atoms with Crippen LogP contribution < -0.4 is 5.32 Å². The first-order valence-electron chi connectivity index (χ1n) is 11.4. The van der Waals surface area contributed by atoms with Crippen molar-refractivity contribution < 1.29 is 19.1 Å². The highest BCUT2D eigenvalue weighted by Crippen LogP contribution is 2.19. The lowest BCUT2D eigenvalue weighted by Gasteiger charge is -2.32. The van der Waals surface area contributed by atoms with Gasteiger partial charge >= 0.3 is 0 Å². The second-order valence-corrected chi connectivity index (χ2v) is 8.91. The molecule has 176 valence electrons. The number of amides is 2. The van der Waals surface area contributed by atoms with Gasteiger partial charge in [0.25, 0.3) is 11.8 Å². The Labute approximate surface area is 194 Å². The molecule has 0 spiro atoms. The van der Waals surface area contributed by atoms with Crippen molar-refractivity contribution >= 4 is 18.1 Å². The van der Waals surface area contributed by atoms with E-state index in [9.17, 15) is 14.4 Å². The van der Waals surface area contributed by atoms with Gasteiger partial charge < -0.3 is 19.7 Å². The molecule has 2 unspecified atom stereocenters. The predicted molar refractivity (Wildman–Crippen MR) is 124 cm³/mol. The number of carbonyl (C=O) groups is 3. The lowest BCUT2D eigenvalue weighted by molar-refractivity contribution is -0.109. The van der Waals surface area contributed by atoms with Crippen molar-refractivity contribution in [3.05, 3.63) is 58.9 Å². The lowest BCUT2D eigenvalue weighted by atomic mass is 10.00. The van der Waals surface area contributed by atoms with E-state index in [1.807, 2.05) is 44.2 Å². The summed E-state index contributed by atoms with van der Waals surface area (Å²) in [4.78, 5) is 38.4. The van der Waals surface area contributed by atoms with Crippen LogP contribution in [0, 0.1) is 5.92 Å². The normalized spacial score (nSPS) is 17.0. The van der Waals surface area contributed by atoms with E-state index in [1.165, 1.54) is 0 Å². The number of ether oxygens (including phenoxy) is 1. The van der Waals surface area contributed by atoms with Crippen molar-refractivity contribution in [3.63, 3.8) is 0 Å². The van der Waals surface area contributed by atoms with Gasteiger partial charge in [0.15, 0.2) is 11.4 Å². The van der Waals surface area contributed by atoms with Gasteiger partial charge in [-0.2, -0.15) is 0 Å². The molecule has 1 fully saturated rings. The first-order chi connectivity index (χ1) is 15.9. The average Bonchev–Trinajstić information content (AvgIpc) is 2.82. The van der Waals surface area contributed by atoms with Crippen molar-refractivity contribution in [2.24, 2.45) is 5.92 Å². The van der Waals surface area contributed by atoms with E-state index in [0.29, 0.717) is 38.0 Å². The molecular weight excluding hydrogens is 420 g/mol. The highest BCUT2D eigenvalue weighted by molar-refractivity contribution is 5.97. The SMILES string of the molecule is CC(C)Cc1cc(C(=O)N2CCCC(OCc3ccccc3)C2)nnc1C(=O)NC(C)C=O. The molecule has 0 radical (unpaired) electrons. The summed E-state index contributed by atoms with van der Waals surface area (Å²) in [5.41, 5.74) is 2.11. The third kappa shape index (κ3) is 6.92. The van der Waals surface area contributed by atoms with Crippen LogP contribution in [0.3, 0.4) is 0 Å². The van der Waals surface area contributed by atoms with Crippen molar-refractivity contribution in [2.75, 3.05) is 13.1 Å². The zero-order valence-electron chi connectivity index (χ0n) is 19.5. The minimum absolute atomic E-state index is 0.0409. The summed E-state index contributed by atoms with van der Waals surface area (Å²) in [5, 5.41) is 10.7. The molecule has 8 heteroatoms. The molecule has 33 heavy (non-hydrogen) atoms. The molecule has 0 aliphatic carbocycles. The van der Waals surface area contributed by atoms with Crippen molar-refractivity contribution in [3.8, 4) is 0 Å². The van der Waals surface area contributed by atoms with E-state index >= 15 is 0 Å². The number of likely N-dealkylation sites (tertiary alicyclic amines) is 1. The highest BCUT2D eigenvalue weighted by Gasteiger charge is 2.27. The Morgan fingerprint density at radius 3 is 2.67 bits per heavy atom. The first-order valence-corrected chi connectivity index (χ1v) is 11.4. The molecule has 1 aromatic heterocycles. The van der Waals surface area contributed by atoms with Gasteiger partial charge in [-0.15, -0.1) is 10.2 Å². The van der Waals surface area contributed by atoms with Crippen LogP contribution in [0.25, 0.3) is 0 Å². The maximum atomic E-state index is 13.2. The summed E-state index contributed by atoms with van der Waals surface area (Å²) in [6.45, 7) is 7.27. The fourth-order valence-corrected chi connectivity index (χ4v) is 3.84. The Balaban J connectivity index is 1.71. The number of aromatic nitrogens is 2. The molecule has 2 aromatic rings. The quantitative estimate of drug-likeness (QED) is 0.587. The van der Waals surface area contributed by atoms with Gasteiger partial charge in [0.1, 0.15) is 6.29 Å². The summed E-state index contributed by atoms with van der Waals surface area (Å²) in [5.74, 6) is -0.434. The third-order valence-electron chi connectivity index (χ3n) is 5.49. The number of nitrogens with one attached hydrogen (secondary N) is 1. The summed E-state index contributed by atoms with van der Waals surface area (Å²) in [6, 6.07) is 11.0. The molecule has 2 amide bonds. The van der Waals surface area contributed by atoms with Gasteiger partial charge in [0.2, 0.25) is 0 Å². The minimum atomic E-state index is -0.631. The van der Waals surface area contributed by atoms with Gasteiger partial charge in [-0.3, -0.25) is 9.59 Å². The van der Waals surface area contributed by atoms with Crippen LogP contribution in [0.2, 0.25) is 0 Å². The van der Waals surface area contributed by atoms with Gasteiger partial charge in [0, 0.05) is 13.1 Å². The Hall–Kier alpha value is -3.13. The predicted octanol–water partition coefficient (Wildman–Crippen LogP) is 2.81. The lowest BCUT2D eigenvalue weighted by Crippen LogP contribution is -2.43. The summed E-state index contributed by atoms with van der Waals surface area (Å²) >= 11 is 0. The zero-order valence-corrected chi connectivity index (χ0v) is 19.5. The van der Waals surface area contributed by atoms with E-state index < -0.39 is 11.9 Å². The van der Waals surface area contributed by atoms with Crippen molar-refractivity contribution in [1.82, 2.24) is 20.4 Å². The van der Waals surface area contributed by atoms with Crippen LogP contribution in [0.15, 0.2) is 36.4 Å². The number of rotatable bonds is 9. The molecule has 8 nitrogen and oxygen atoms in total. The van der Waals surface area contributed by atoms with Gasteiger partial charge in [0.05, 0.1) is 18.8 Å². The van der Waals surface area contributed by atoms with E-state index in [-0.39, 0.29) is 29.3 Å². The maximum Gasteiger partial charge on any atom is 0.274 e. The molecule has 2 atom stereocenters. The Kier molecular flexibility index (Phi) is 8.65. The molecule has 2 heterocycles. The smallest absolute Gasteiger partial charge is 0.274 e. The first kappa shape index (κ1) is 24.5. The zero-order chi connectivity index (χ0) is 23.8. The number of aldehydes is 1. The van der Waals surface area contributed by atoms with Crippen LogP contribution in [-0.2, 0) is 22.6 Å². The minimum Gasteiger partial charge on any atom is -0.372 e. The monoisotopic (exact) mass is 452 g/mol. The summed E-state index contributed by atoms with van der Waals surface area (Å²) < 4.78 is 6.05. The second kappa shape index (κ2) is 11.7. The average molecular weight is 453 g/mol. The molecule has 3 rings (SSSR count). The van der Waals surface area contributed by atoms with Crippen LogP contribution in [0.5, 0.6) is 0 Å². The number of nitrogens with zero attached hydrogens (tertiary/aromatic N) is 3. The molecular formula is C25H32N4O4. The summed E-state index contributed by atoms with van der Waals surface area (Å²) in [6.07, 6.45) is 2.92. The van der Waals surface area contributed by atoms with Crippen LogP contribution in [0.1, 0.15) is 65.7 Å². The maximum absolute atomic E-state index is 13.2. The van der Waals surface area contributed by atoms with Gasteiger partial charge in [-0.25, -0.2) is 0 Å².